The molecule has 130 valence electrons. The molecular weight excluding hydrogens is 323 g/mol. The fourth-order valence-corrected chi connectivity index (χ4v) is 4.00. The number of sulfonamides is 1. The smallest absolute Gasteiger partial charge is 0.243 e. The zero-order chi connectivity index (χ0) is 16.9. The van der Waals surface area contributed by atoms with Crippen LogP contribution in [0.25, 0.3) is 0 Å². The molecule has 0 bridgehead atoms. The van der Waals surface area contributed by atoms with Crippen molar-refractivity contribution in [2.24, 2.45) is 5.41 Å². The Morgan fingerprint density at radius 1 is 1.30 bits per heavy atom. The summed E-state index contributed by atoms with van der Waals surface area (Å²) in [5.74, 6) is -0.557. The second-order valence-corrected chi connectivity index (χ2v) is 7.54. The van der Waals surface area contributed by atoms with Crippen LogP contribution in [0.4, 0.5) is 4.39 Å². The Balaban J connectivity index is 2.14. The minimum absolute atomic E-state index is 0.219. The quantitative estimate of drug-likeness (QED) is 0.774. The molecule has 1 saturated heterocycles. The normalized spacial score (nSPS) is 17.9. The van der Waals surface area contributed by atoms with E-state index in [1.165, 1.54) is 19.2 Å². The Kier molecular flexibility index (Phi) is 5.96. The maximum atomic E-state index is 14.0. The first-order valence-electron chi connectivity index (χ1n) is 7.45. The van der Waals surface area contributed by atoms with E-state index >= 15 is 0 Å². The van der Waals surface area contributed by atoms with Crippen LogP contribution in [0.1, 0.15) is 12.8 Å². The van der Waals surface area contributed by atoms with E-state index in [4.69, 9.17) is 9.47 Å². The first-order valence-corrected chi connectivity index (χ1v) is 8.94. The maximum absolute atomic E-state index is 14.0. The standard InChI is InChI=1S/C15H23FN2O4S/c1-21-11-15(5-7-17-8-6-15)10-18-23(19,20)14-4-3-12(22-2)9-13(14)16/h3-4,9,17-18H,5-8,10-11H2,1-2H3. The summed E-state index contributed by atoms with van der Waals surface area (Å²) in [6.07, 6.45) is 1.60. The van der Waals surface area contributed by atoms with Gasteiger partial charge in [-0.3, -0.25) is 0 Å². The molecule has 0 aromatic heterocycles. The van der Waals surface area contributed by atoms with Gasteiger partial charge in [0.05, 0.1) is 13.7 Å². The number of halogens is 1. The number of rotatable bonds is 7. The van der Waals surface area contributed by atoms with Crippen molar-refractivity contribution in [1.29, 1.82) is 0 Å². The average Bonchev–Trinajstić information content (AvgIpc) is 2.54. The van der Waals surface area contributed by atoms with Gasteiger partial charge in [0.15, 0.2) is 0 Å². The highest BCUT2D eigenvalue weighted by molar-refractivity contribution is 7.89. The minimum Gasteiger partial charge on any atom is -0.497 e. The van der Waals surface area contributed by atoms with Crippen LogP contribution in [0, 0.1) is 11.2 Å². The molecule has 1 heterocycles. The molecule has 6 nitrogen and oxygen atoms in total. The molecule has 0 amide bonds. The highest BCUT2D eigenvalue weighted by Gasteiger charge is 2.34. The SMILES string of the molecule is COCC1(CNS(=O)(=O)c2ccc(OC)cc2F)CCNCC1. The maximum Gasteiger partial charge on any atom is 0.243 e. The van der Waals surface area contributed by atoms with Crippen LogP contribution >= 0.6 is 0 Å². The van der Waals surface area contributed by atoms with Gasteiger partial charge in [0, 0.05) is 25.1 Å². The highest BCUT2D eigenvalue weighted by Crippen LogP contribution is 2.29. The Bertz CT molecular complexity index is 625. The number of methoxy groups -OCH3 is 2. The third-order valence-corrected chi connectivity index (χ3v) is 5.61. The van der Waals surface area contributed by atoms with Crippen LogP contribution in [0.3, 0.4) is 0 Å². The van der Waals surface area contributed by atoms with Crippen molar-refractivity contribution in [3.8, 4) is 5.75 Å². The summed E-state index contributed by atoms with van der Waals surface area (Å²) in [6, 6.07) is 3.69. The van der Waals surface area contributed by atoms with Crippen molar-refractivity contribution in [3.63, 3.8) is 0 Å². The molecule has 0 unspecified atom stereocenters. The molecule has 2 N–H and O–H groups in total. The summed E-state index contributed by atoms with van der Waals surface area (Å²) in [6.45, 7) is 2.29. The van der Waals surface area contributed by atoms with Gasteiger partial charge in [0.2, 0.25) is 10.0 Å². The summed E-state index contributed by atoms with van der Waals surface area (Å²) >= 11 is 0. The first kappa shape index (κ1) is 18.1. The molecule has 1 aliphatic rings. The van der Waals surface area contributed by atoms with Crippen molar-refractivity contribution >= 4 is 10.0 Å². The summed E-state index contributed by atoms with van der Waals surface area (Å²) < 4.78 is 51.5. The first-order chi connectivity index (χ1) is 10.9. The Morgan fingerprint density at radius 2 is 2.00 bits per heavy atom. The topological polar surface area (TPSA) is 76.7 Å². The third-order valence-electron chi connectivity index (χ3n) is 4.18. The monoisotopic (exact) mass is 346 g/mol. The van der Waals surface area contributed by atoms with Crippen LogP contribution < -0.4 is 14.8 Å². The summed E-state index contributed by atoms with van der Waals surface area (Å²) in [5.41, 5.74) is -0.268. The van der Waals surface area contributed by atoms with Gasteiger partial charge in [-0.2, -0.15) is 0 Å². The lowest BCUT2D eigenvalue weighted by Gasteiger charge is -2.37. The number of ether oxygens (including phenoxy) is 2. The molecule has 0 aliphatic carbocycles. The molecule has 1 aromatic carbocycles. The van der Waals surface area contributed by atoms with Gasteiger partial charge in [-0.05, 0) is 38.1 Å². The number of piperidine rings is 1. The van der Waals surface area contributed by atoms with E-state index in [1.807, 2.05) is 0 Å². The molecule has 0 spiro atoms. The van der Waals surface area contributed by atoms with E-state index < -0.39 is 15.8 Å². The largest absolute Gasteiger partial charge is 0.497 e. The molecule has 0 saturated carbocycles. The van der Waals surface area contributed by atoms with E-state index in [9.17, 15) is 12.8 Å². The van der Waals surface area contributed by atoms with Crippen molar-refractivity contribution < 1.29 is 22.3 Å². The fourth-order valence-electron chi connectivity index (χ4n) is 2.79. The van der Waals surface area contributed by atoms with E-state index in [0.29, 0.717) is 6.61 Å². The lowest BCUT2D eigenvalue weighted by Crippen LogP contribution is -2.47. The van der Waals surface area contributed by atoms with Crippen LogP contribution in [0.5, 0.6) is 5.75 Å². The third kappa shape index (κ3) is 4.41. The van der Waals surface area contributed by atoms with Gasteiger partial charge in [0.1, 0.15) is 16.5 Å². The molecular formula is C15H23FN2O4S. The molecule has 2 rings (SSSR count). The number of benzene rings is 1. The van der Waals surface area contributed by atoms with Gasteiger partial charge in [-0.15, -0.1) is 0 Å². The average molecular weight is 346 g/mol. The summed E-state index contributed by atoms with van der Waals surface area (Å²) in [7, 11) is -0.934. The molecule has 1 aliphatic heterocycles. The van der Waals surface area contributed by atoms with Gasteiger partial charge >= 0.3 is 0 Å². The predicted molar refractivity (Wildman–Crippen MR) is 84.6 cm³/mol. The number of hydrogen-bond donors (Lipinski definition) is 2. The van der Waals surface area contributed by atoms with Crippen molar-refractivity contribution in [3.05, 3.63) is 24.0 Å². The summed E-state index contributed by atoms with van der Waals surface area (Å²) in [4.78, 5) is -0.375. The van der Waals surface area contributed by atoms with Crippen LogP contribution in [0.15, 0.2) is 23.1 Å². The zero-order valence-electron chi connectivity index (χ0n) is 13.4. The molecule has 8 heteroatoms. The van der Waals surface area contributed by atoms with Gasteiger partial charge < -0.3 is 14.8 Å². The van der Waals surface area contributed by atoms with Crippen LogP contribution in [0.2, 0.25) is 0 Å². The second kappa shape index (κ2) is 7.57. The molecule has 1 fully saturated rings. The van der Waals surface area contributed by atoms with Gasteiger partial charge in [-0.1, -0.05) is 0 Å². The van der Waals surface area contributed by atoms with Crippen LogP contribution in [-0.2, 0) is 14.8 Å². The van der Waals surface area contributed by atoms with Crippen LogP contribution in [-0.4, -0.2) is 48.9 Å². The Hall–Kier alpha value is -1.22. The van der Waals surface area contributed by atoms with E-state index in [-0.39, 0.29) is 22.6 Å². The zero-order valence-corrected chi connectivity index (χ0v) is 14.2. The highest BCUT2D eigenvalue weighted by atomic mass is 32.2. The van der Waals surface area contributed by atoms with E-state index in [1.54, 1.807) is 7.11 Å². The summed E-state index contributed by atoms with van der Waals surface area (Å²) in [5, 5.41) is 3.24. The van der Waals surface area contributed by atoms with Gasteiger partial charge in [-0.25, -0.2) is 17.5 Å². The fraction of sp³-hybridized carbons (Fsp3) is 0.600. The predicted octanol–water partition coefficient (Wildman–Crippen LogP) is 1.13. The van der Waals surface area contributed by atoms with Crippen molar-refractivity contribution in [1.82, 2.24) is 10.0 Å². The van der Waals surface area contributed by atoms with E-state index in [0.717, 1.165) is 32.0 Å². The number of hydrogen-bond acceptors (Lipinski definition) is 5. The lowest BCUT2D eigenvalue weighted by molar-refractivity contribution is 0.0577. The Labute approximate surface area is 136 Å². The van der Waals surface area contributed by atoms with E-state index in [2.05, 4.69) is 10.0 Å². The Morgan fingerprint density at radius 3 is 2.57 bits per heavy atom. The molecule has 23 heavy (non-hydrogen) atoms. The number of nitrogens with one attached hydrogen (secondary N) is 2. The molecule has 1 aromatic rings. The molecule has 0 atom stereocenters. The molecule has 0 radical (unpaired) electrons. The van der Waals surface area contributed by atoms with Crippen molar-refractivity contribution in [2.75, 3.05) is 40.5 Å². The minimum atomic E-state index is -3.93. The second-order valence-electron chi connectivity index (χ2n) is 5.80. The lowest BCUT2D eigenvalue weighted by atomic mass is 9.80. The van der Waals surface area contributed by atoms with Gasteiger partial charge in [0.25, 0.3) is 0 Å². The van der Waals surface area contributed by atoms with Crippen molar-refractivity contribution in [2.45, 2.75) is 17.7 Å².